The van der Waals surface area contributed by atoms with Gasteiger partial charge in [0.1, 0.15) is 0 Å². The standard InChI is InChI=1S/C16H19BrN2O/c1-2-3-8-14(18)16(20)19-15-10-9-13(17)11-6-4-5-7-12(11)15/h4-7,9-10,14H,2-3,8,18H2,1H3,(H,19,20). The summed E-state index contributed by atoms with van der Waals surface area (Å²) in [4.78, 5) is 12.1. The SMILES string of the molecule is CCCCC(N)C(=O)Nc1ccc(Br)c2ccccc12. The van der Waals surface area contributed by atoms with Gasteiger partial charge in [0.15, 0.2) is 0 Å². The van der Waals surface area contributed by atoms with Gasteiger partial charge in [0.25, 0.3) is 0 Å². The maximum Gasteiger partial charge on any atom is 0.241 e. The zero-order valence-electron chi connectivity index (χ0n) is 11.5. The Morgan fingerprint density at radius 3 is 2.65 bits per heavy atom. The Bertz CT molecular complexity index is 612. The Morgan fingerprint density at radius 1 is 1.25 bits per heavy atom. The average molecular weight is 335 g/mol. The number of carbonyl (C=O) groups is 1. The largest absolute Gasteiger partial charge is 0.324 e. The molecule has 0 aliphatic carbocycles. The van der Waals surface area contributed by atoms with E-state index in [1.165, 1.54) is 0 Å². The molecule has 0 heterocycles. The number of unbranched alkanes of at least 4 members (excludes halogenated alkanes) is 1. The van der Waals surface area contributed by atoms with Gasteiger partial charge in [-0.3, -0.25) is 4.79 Å². The van der Waals surface area contributed by atoms with Gasteiger partial charge in [-0.05, 0) is 23.9 Å². The first-order chi connectivity index (χ1) is 9.63. The minimum atomic E-state index is -0.447. The molecule has 1 amide bonds. The van der Waals surface area contributed by atoms with Crippen LogP contribution in [0.3, 0.4) is 0 Å². The topological polar surface area (TPSA) is 55.1 Å². The van der Waals surface area contributed by atoms with E-state index in [2.05, 4.69) is 28.2 Å². The molecule has 0 aliphatic rings. The summed E-state index contributed by atoms with van der Waals surface area (Å²) in [6, 6.07) is 11.3. The molecule has 3 N–H and O–H groups in total. The van der Waals surface area contributed by atoms with Crippen molar-refractivity contribution in [2.45, 2.75) is 32.2 Å². The molecule has 0 saturated heterocycles. The predicted octanol–water partition coefficient (Wildman–Crippen LogP) is 4.06. The second-order valence-corrected chi connectivity index (χ2v) is 5.73. The Balaban J connectivity index is 2.22. The van der Waals surface area contributed by atoms with Crippen LogP contribution in [0.5, 0.6) is 0 Å². The van der Waals surface area contributed by atoms with E-state index in [1.54, 1.807) is 0 Å². The first-order valence-corrected chi connectivity index (χ1v) is 7.66. The van der Waals surface area contributed by atoms with Crippen molar-refractivity contribution in [1.82, 2.24) is 0 Å². The molecular formula is C16H19BrN2O. The lowest BCUT2D eigenvalue weighted by atomic mass is 10.1. The quantitative estimate of drug-likeness (QED) is 0.866. The van der Waals surface area contributed by atoms with Gasteiger partial charge in [-0.1, -0.05) is 60.0 Å². The molecule has 0 aromatic heterocycles. The third-order valence-electron chi connectivity index (χ3n) is 3.33. The predicted molar refractivity (Wildman–Crippen MR) is 87.8 cm³/mol. The van der Waals surface area contributed by atoms with Crippen molar-refractivity contribution in [2.75, 3.05) is 5.32 Å². The van der Waals surface area contributed by atoms with Crippen LogP contribution in [0.1, 0.15) is 26.2 Å². The lowest BCUT2D eigenvalue weighted by molar-refractivity contribution is -0.117. The Kier molecular flexibility index (Phi) is 5.15. The van der Waals surface area contributed by atoms with Crippen molar-refractivity contribution in [1.29, 1.82) is 0 Å². The van der Waals surface area contributed by atoms with Crippen LogP contribution in [0.2, 0.25) is 0 Å². The highest BCUT2D eigenvalue weighted by Gasteiger charge is 2.14. The fourth-order valence-corrected chi connectivity index (χ4v) is 2.63. The minimum absolute atomic E-state index is 0.120. The number of carbonyl (C=O) groups excluding carboxylic acids is 1. The van der Waals surface area contributed by atoms with Crippen LogP contribution in [0, 0.1) is 0 Å². The van der Waals surface area contributed by atoms with Crippen LogP contribution in [0.4, 0.5) is 5.69 Å². The van der Waals surface area contributed by atoms with Gasteiger partial charge in [0.2, 0.25) is 5.91 Å². The Morgan fingerprint density at radius 2 is 1.95 bits per heavy atom. The number of nitrogens with one attached hydrogen (secondary N) is 1. The van der Waals surface area contributed by atoms with E-state index < -0.39 is 6.04 Å². The molecule has 1 atom stereocenters. The highest BCUT2D eigenvalue weighted by molar-refractivity contribution is 9.10. The van der Waals surface area contributed by atoms with Gasteiger partial charge in [0, 0.05) is 15.5 Å². The van der Waals surface area contributed by atoms with Crippen LogP contribution in [0.25, 0.3) is 10.8 Å². The molecule has 2 rings (SSSR count). The van der Waals surface area contributed by atoms with Crippen LogP contribution in [0.15, 0.2) is 40.9 Å². The van der Waals surface area contributed by atoms with Crippen molar-refractivity contribution in [3.05, 3.63) is 40.9 Å². The molecule has 0 fully saturated rings. The average Bonchev–Trinajstić information content (AvgIpc) is 2.47. The summed E-state index contributed by atoms with van der Waals surface area (Å²) in [5.74, 6) is -0.120. The summed E-state index contributed by atoms with van der Waals surface area (Å²) >= 11 is 3.52. The number of halogens is 1. The molecular weight excluding hydrogens is 316 g/mol. The number of hydrogen-bond donors (Lipinski definition) is 2. The molecule has 0 bridgehead atoms. The number of nitrogens with two attached hydrogens (primary N) is 1. The summed E-state index contributed by atoms with van der Waals surface area (Å²) in [7, 11) is 0. The van der Waals surface area contributed by atoms with Crippen LogP contribution >= 0.6 is 15.9 Å². The molecule has 20 heavy (non-hydrogen) atoms. The van der Waals surface area contributed by atoms with Gasteiger partial charge < -0.3 is 11.1 Å². The molecule has 0 spiro atoms. The van der Waals surface area contributed by atoms with Crippen LogP contribution < -0.4 is 11.1 Å². The number of anilines is 1. The molecule has 1 unspecified atom stereocenters. The first-order valence-electron chi connectivity index (χ1n) is 6.87. The van der Waals surface area contributed by atoms with Crippen molar-refractivity contribution in [3.63, 3.8) is 0 Å². The molecule has 0 saturated carbocycles. The highest BCUT2D eigenvalue weighted by atomic mass is 79.9. The molecule has 4 heteroatoms. The molecule has 106 valence electrons. The number of benzene rings is 2. The van der Waals surface area contributed by atoms with Crippen molar-refractivity contribution >= 4 is 38.3 Å². The smallest absolute Gasteiger partial charge is 0.241 e. The molecule has 3 nitrogen and oxygen atoms in total. The van der Waals surface area contributed by atoms with E-state index in [0.29, 0.717) is 0 Å². The normalized spacial score (nSPS) is 12.3. The van der Waals surface area contributed by atoms with E-state index in [0.717, 1.165) is 40.2 Å². The van der Waals surface area contributed by atoms with Gasteiger partial charge in [0.05, 0.1) is 6.04 Å². The van der Waals surface area contributed by atoms with Crippen molar-refractivity contribution in [3.8, 4) is 0 Å². The highest BCUT2D eigenvalue weighted by Crippen LogP contribution is 2.30. The zero-order valence-corrected chi connectivity index (χ0v) is 13.1. The van der Waals surface area contributed by atoms with Gasteiger partial charge in [-0.2, -0.15) is 0 Å². The van der Waals surface area contributed by atoms with Gasteiger partial charge >= 0.3 is 0 Å². The Labute approximate surface area is 127 Å². The van der Waals surface area contributed by atoms with Crippen molar-refractivity contribution < 1.29 is 4.79 Å². The summed E-state index contributed by atoms with van der Waals surface area (Å²) in [5, 5.41) is 5.02. The number of hydrogen-bond acceptors (Lipinski definition) is 2. The summed E-state index contributed by atoms with van der Waals surface area (Å²) in [6.45, 7) is 2.09. The Hall–Kier alpha value is -1.39. The van der Waals surface area contributed by atoms with Gasteiger partial charge in [-0.15, -0.1) is 0 Å². The lowest BCUT2D eigenvalue weighted by Crippen LogP contribution is -2.35. The minimum Gasteiger partial charge on any atom is -0.324 e. The molecule has 0 radical (unpaired) electrons. The lowest BCUT2D eigenvalue weighted by Gasteiger charge is -2.14. The summed E-state index contributed by atoms with van der Waals surface area (Å²) in [6.07, 6.45) is 2.73. The van der Waals surface area contributed by atoms with Crippen molar-refractivity contribution in [2.24, 2.45) is 5.73 Å². The van der Waals surface area contributed by atoms with Crippen LogP contribution in [-0.2, 0) is 4.79 Å². The van der Waals surface area contributed by atoms with Crippen LogP contribution in [-0.4, -0.2) is 11.9 Å². The number of rotatable bonds is 5. The number of fused-ring (bicyclic) bond motifs is 1. The second kappa shape index (κ2) is 6.86. The molecule has 2 aromatic carbocycles. The zero-order chi connectivity index (χ0) is 14.5. The summed E-state index contributed by atoms with van der Waals surface area (Å²) in [5.41, 5.74) is 6.71. The summed E-state index contributed by atoms with van der Waals surface area (Å²) < 4.78 is 1.02. The van der Waals surface area contributed by atoms with E-state index in [-0.39, 0.29) is 5.91 Å². The monoisotopic (exact) mass is 334 g/mol. The van der Waals surface area contributed by atoms with E-state index in [4.69, 9.17) is 5.73 Å². The molecule has 0 aliphatic heterocycles. The third-order valence-corrected chi connectivity index (χ3v) is 4.03. The number of amides is 1. The van der Waals surface area contributed by atoms with E-state index >= 15 is 0 Å². The first kappa shape index (κ1) is 15.0. The maximum absolute atomic E-state index is 12.1. The maximum atomic E-state index is 12.1. The fraction of sp³-hybridized carbons (Fsp3) is 0.312. The molecule has 2 aromatic rings. The fourth-order valence-electron chi connectivity index (χ4n) is 2.15. The van der Waals surface area contributed by atoms with E-state index in [1.807, 2.05) is 36.4 Å². The third kappa shape index (κ3) is 3.38. The van der Waals surface area contributed by atoms with Gasteiger partial charge in [-0.25, -0.2) is 0 Å². The second-order valence-electron chi connectivity index (χ2n) is 4.88. The van der Waals surface area contributed by atoms with E-state index in [9.17, 15) is 4.79 Å².